The second-order valence-corrected chi connectivity index (χ2v) is 3.98. The smallest absolute Gasteiger partial charge is 0.267 e. The predicted molar refractivity (Wildman–Crippen MR) is 71.4 cm³/mol. The number of carbonyl (C=O) groups is 1. The molecular weight excluding hydrogens is 232 g/mol. The van der Waals surface area contributed by atoms with E-state index >= 15 is 0 Å². The lowest BCUT2D eigenvalue weighted by molar-refractivity contribution is 0.0996. The van der Waals surface area contributed by atoms with Gasteiger partial charge in [-0.1, -0.05) is 0 Å². The van der Waals surface area contributed by atoms with Crippen LogP contribution in [0.1, 0.15) is 29.8 Å². The highest BCUT2D eigenvalue weighted by molar-refractivity contribution is 5.91. The van der Waals surface area contributed by atoms with Crippen LogP contribution in [0.5, 0.6) is 0 Å². The molecular formula is C12H20N4O2. The number of unbranched alkanes of at least 4 members (excludes halogenated alkanes) is 2. The number of methoxy groups -OCH3 is 1. The number of nitrogen functional groups attached to an aromatic ring is 1. The zero-order valence-corrected chi connectivity index (χ0v) is 10.6. The SMILES string of the molecule is COCCCCCNc1nc(C(N)=O)ccc1N. The molecule has 0 fully saturated rings. The van der Waals surface area contributed by atoms with E-state index in [1.54, 1.807) is 13.2 Å². The van der Waals surface area contributed by atoms with E-state index in [0.717, 1.165) is 32.4 Å². The van der Waals surface area contributed by atoms with Crippen molar-refractivity contribution >= 4 is 17.4 Å². The summed E-state index contributed by atoms with van der Waals surface area (Å²) in [6.07, 6.45) is 3.09. The number of ether oxygens (including phenoxy) is 1. The minimum absolute atomic E-state index is 0.214. The molecule has 6 heteroatoms. The molecule has 0 atom stereocenters. The zero-order valence-electron chi connectivity index (χ0n) is 10.6. The van der Waals surface area contributed by atoms with E-state index in [1.807, 2.05) is 0 Å². The molecule has 0 radical (unpaired) electrons. The van der Waals surface area contributed by atoms with Gasteiger partial charge in [-0.2, -0.15) is 0 Å². The molecule has 0 bridgehead atoms. The maximum absolute atomic E-state index is 11.0. The number of aromatic nitrogens is 1. The second-order valence-electron chi connectivity index (χ2n) is 3.98. The number of anilines is 2. The van der Waals surface area contributed by atoms with Crippen LogP contribution in [-0.4, -0.2) is 31.2 Å². The van der Waals surface area contributed by atoms with Crippen molar-refractivity contribution in [3.8, 4) is 0 Å². The average molecular weight is 252 g/mol. The Hall–Kier alpha value is -1.82. The lowest BCUT2D eigenvalue weighted by atomic mass is 10.2. The van der Waals surface area contributed by atoms with E-state index in [1.165, 1.54) is 6.07 Å². The molecule has 0 aliphatic rings. The molecule has 0 aromatic carbocycles. The van der Waals surface area contributed by atoms with Crippen LogP contribution in [0.25, 0.3) is 0 Å². The van der Waals surface area contributed by atoms with Crippen LogP contribution in [0.4, 0.5) is 11.5 Å². The molecule has 6 nitrogen and oxygen atoms in total. The molecule has 1 heterocycles. The lowest BCUT2D eigenvalue weighted by Gasteiger charge is -2.09. The average Bonchev–Trinajstić information content (AvgIpc) is 2.35. The Labute approximate surface area is 107 Å². The molecule has 1 rings (SSSR count). The minimum Gasteiger partial charge on any atom is -0.396 e. The highest BCUT2D eigenvalue weighted by Crippen LogP contribution is 2.15. The Kier molecular flexibility index (Phi) is 5.93. The van der Waals surface area contributed by atoms with Crippen LogP contribution in [-0.2, 0) is 4.74 Å². The third kappa shape index (κ3) is 4.58. The van der Waals surface area contributed by atoms with Gasteiger partial charge in [-0.25, -0.2) is 4.98 Å². The van der Waals surface area contributed by atoms with Crippen molar-refractivity contribution < 1.29 is 9.53 Å². The number of pyridine rings is 1. The van der Waals surface area contributed by atoms with Crippen LogP contribution in [0.2, 0.25) is 0 Å². The van der Waals surface area contributed by atoms with Gasteiger partial charge in [0.05, 0.1) is 5.69 Å². The van der Waals surface area contributed by atoms with E-state index in [-0.39, 0.29) is 5.69 Å². The number of carbonyl (C=O) groups excluding carboxylic acids is 1. The summed E-state index contributed by atoms with van der Waals surface area (Å²) < 4.78 is 4.96. The highest BCUT2D eigenvalue weighted by atomic mass is 16.5. The summed E-state index contributed by atoms with van der Waals surface area (Å²) in [6, 6.07) is 3.14. The molecule has 0 spiro atoms. The van der Waals surface area contributed by atoms with Crippen molar-refractivity contribution in [3.63, 3.8) is 0 Å². The second kappa shape index (κ2) is 7.50. The third-order valence-corrected chi connectivity index (χ3v) is 2.50. The third-order valence-electron chi connectivity index (χ3n) is 2.50. The summed E-state index contributed by atoms with van der Waals surface area (Å²) >= 11 is 0. The molecule has 0 unspecified atom stereocenters. The van der Waals surface area contributed by atoms with Gasteiger partial charge in [-0.3, -0.25) is 4.79 Å². The van der Waals surface area contributed by atoms with Gasteiger partial charge < -0.3 is 21.5 Å². The maximum atomic E-state index is 11.0. The van der Waals surface area contributed by atoms with Crippen molar-refractivity contribution in [1.82, 2.24) is 4.98 Å². The molecule has 100 valence electrons. The minimum atomic E-state index is -0.557. The van der Waals surface area contributed by atoms with Crippen LogP contribution >= 0.6 is 0 Å². The van der Waals surface area contributed by atoms with Crippen molar-refractivity contribution in [2.45, 2.75) is 19.3 Å². The predicted octanol–water partition coefficient (Wildman–Crippen LogP) is 0.991. The first-order valence-electron chi connectivity index (χ1n) is 5.94. The molecule has 18 heavy (non-hydrogen) atoms. The molecule has 0 saturated carbocycles. The van der Waals surface area contributed by atoms with Crippen molar-refractivity contribution in [2.75, 3.05) is 31.3 Å². The highest BCUT2D eigenvalue weighted by Gasteiger charge is 2.06. The summed E-state index contributed by atoms with van der Waals surface area (Å²) in [5.74, 6) is -0.0452. The van der Waals surface area contributed by atoms with Crippen LogP contribution in [0.3, 0.4) is 0 Å². The number of hydrogen-bond donors (Lipinski definition) is 3. The number of nitrogens with two attached hydrogens (primary N) is 2. The zero-order chi connectivity index (χ0) is 13.4. The number of hydrogen-bond acceptors (Lipinski definition) is 5. The number of amides is 1. The first-order valence-corrected chi connectivity index (χ1v) is 5.94. The molecule has 1 aromatic heterocycles. The first kappa shape index (κ1) is 14.2. The molecule has 0 aliphatic heterocycles. The number of nitrogens with zero attached hydrogens (tertiary/aromatic N) is 1. The van der Waals surface area contributed by atoms with Gasteiger partial charge in [0, 0.05) is 20.3 Å². The summed E-state index contributed by atoms with van der Waals surface area (Å²) in [6.45, 7) is 1.53. The fraction of sp³-hybridized carbons (Fsp3) is 0.500. The molecule has 0 saturated heterocycles. The Morgan fingerprint density at radius 2 is 2.17 bits per heavy atom. The van der Waals surface area contributed by atoms with Gasteiger partial charge in [0.2, 0.25) is 0 Å². The number of primary amides is 1. The van der Waals surface area contributed by atoms with Gasteiger partial charge in [-0.05, 0) is 31.4 Å². The van der Waals surface area contributed by atoms with Crippen LogP contribution in [0, 0.1) is 0 Å². The topological polar surface area (TPSA) is 103 Å². The van der Waals surface area contributed by atoms with Gasteiger partial charge in [0.25, 0.3) is 5.91 Å². The quantitative estimate of drug-likeness (QED) is 0.599. The number of nitrogens with one attached hydrogen (secondary N) is 1. The van der Waals surface area contributed by atoms with Gasteiger partial charge in [0.15, 0.2) is 0 Å². The molecule has 1 amide bonds. The van der Waals surface area contributed by atoms with E-state index in [9.17, 15) is 4.79 Å². The Morgan fingerprint density at radius 3 is 2.83 bits per heavy atom. The van der Waals surface area contributed by atoms with Gasteiger partial charge in [0.1, 0.15) is 11.5 Å². The largest absolute Gasteiger partial charge is 0.396 e. The summed E-state index contributed by atoms with van der Waals surface area (Å²) in [7, 11) is 1.69. The number of rotatable bonds is 8. The van der Waals surface area contributed by atoms with Crippen molar-refractivity contribution in [1.29, 1.82) is 0 Å². The summed E-state index contributed by atoms with van der Waals surface area (Å²) in [5, 5.41) is 3.10. The van der Waals surface area contributed by atoms with Gasteiger partial charge >= 0.3 is 0 Å². The monoisotopic (exact) mass is 252 g/mol. The van der Waals surface area contributed by atoms with Crippen molar-refractivity contribution in [2.24, 2.45) is 5.73 Å². The van der Waals surface area contributed by atoms with E-state index in [4.69, 9.17) is 16.2 Å². The van der Waals surface area contributed by atoms with Crippen molar-refractivity contribution in [3.05, 3.63) is 17.8 Å². The summed E-state index contributed by atoms with van der Waals surface area (Å²) in [5.41, 5.74) is 11.6. The van der Waals surface area contributed by atoms with E-state index in [0.29, 0.717) is 11.5 Å². The Balaban J connectivity index is 2.41. The Bertz CT molecular complexity index is 396. The molecule has 5 N–H and O–H groups in total. The standard InChI is InChI=1S/C12H20N4O2/c1-18-8-4-2-3-7-15-12-9(13)5-6-10(16-12)11(14)17/h5-6H,2-4,7-8,13H2,1H3,(H2,14,17)(H,15,16). The Morgan fingerprint density at radius 1 is 1.39 bits per heavy atom. The van der Waals surface area contributed by atoms with Crippen LogP contribution < -0.4 is 16.8 Å². The van der Waals surface area contributed by atoms with E-state index < -0.39 is 5.91 Å². The summed E-state index contributed by atoms with van der Waals surface area (Å²) in [4.78, 5) is 15.1. The normalized spacial score (nSPS) is 10.3. The fourth-order valence-electron chi connectivity index (χ4n) is 1.50. The van der Waals surface area contributed by atoms with Crippen LogP contribution in [0.15, 0.2) is 12.1 Å². The lowest BCUT2D eigenvalue weighted by Crippen LogP contribution is -2.15. The maximum Gasteiger partial charge on any atom is 0.267 e. The van der Waals surface area contributed by atoms with E-state index in [2.05, 4.69) is 10.3 Å². The molecule has 0 aliphatic carbocycles. The van der Waals surface area contributed by atoms with Gasteiger partial charge in [-0.15, -0.1) is 0 Å². The fourth-order valence-corrected chi connectivity index (χ4v) is 1.50. The first-order chi connectivity index (χ1) is 8.65. The molecule has 1 aromatic rings.